The van der Waals surface area contributed by atoms with Crippen molar-refractivity contribution in [1.82, 2.24) is 5.32 Å². The Kier molecular flexibility index (Phi) is 5.31. The summed E-state index contributed by atoms with van der Waals surface area (Å²) in [5, 5.41) is 3.11. The van der Waals surface area contributed by atoms with E-state index in [0.717, 1.165) is 19.3 Å². The minimum atomic E-state index is -0.503. The van der Waals surface area contributed by atoms with Gasteiger partial charge in [-0.25, -0.2) is 9.59 Å². The third kappa shape index (κ3) is 4.11. The number of esters is 1. The molecule has 0 radical (unpaired) electrons. The number of nitrogens with one attached hydrogen (secondary N) is 1. The van der Waals surface area contributed by atoms with Crippen molar-refractivity contribution in [3.8, 4) is 0 Å². The fourth-order valence-corrected chi connectivity index (χ4v) is 4.22. The van der Waals surface area contributed by atoms with Gasteiger partial charge in [0.15, 0.2) is 0 Å². The van der Waals surface area contributed by atoms with Gasteiger partial charge in [-0.2, -0.15) is 0 Å². The third-order valence-electron chi connectivity index (χ3n) is 5.65. The van der Waals surface area contributed by atoms with E-state index in [9.17, 15) is 9.59 Å². The summed E-state index contributed by atoms with van der Waals surface area (Å²) in [5.41, 5.74) is -0.251. The highest BCUT2D eigenvalue weighted by Crippen LogP contribution is 2.61. The lowest BCUT2D eigenvalue weighted by atomic mass is 9.44. The van der Waals surface area contributed by atoms with Gasteiger partial charge in [0.05, 0.1) is 7.11 Å². The van der Waals surface area contributed by atoms with Crippen LogP contribution in [0.25, 0.3) is 0 Å². The summed E-state index contributed by atoms with van der Waals surface area (Å²) >= 11 is 0. The largest absolute Gasteiger partial charge is 0.466 e. The number of carbonyl (C=O) groups is 2. The molecule has 0 unspecified atom stereocenters. The van der Waals surface area contributed by atoms with E-state index < -0.39 is 5.60 Å². The Morgan fingerprint density at radius 1 is 1.25 bits per heavy atom. The number of allylic oxidation sites excluding steroid dienone is 1. The van der Waals surface area contributed by atoms with Gasteiger partial charge in [-0.15, -0.1) is 0 Å². The van der Waals surface area contributed by atoms with Crippen LogP contribution in [-0.2, 0) is 14.3 Å². The maximum atomic E-state index is 12.2. The van der Waals surface area contributed by atoms with Crippen molar-refractivity contribution in [2.45, 2.75) is 65.5 Å². The molecule has 0 spiro atoms. The maximum absolute atomic E-state index is 12.2. The highest BCUT2D eigenvalue weighted by atomic mass is 16.6. The molecular formula is C19H31NO4. The number of methoxy groups -OCH3 is 1. The molecule has 0 saturated heterocycles. The summed E-state index contributed by atoms with van der Waals surface area (Å²) in [4.78, 5) is 23.5. The minimum absolute atomic E-state index is 0.0853. The molecule has 0 aliphatic heterocycles. The fourth-order valence-electron chi connectivity index (χ4n) is 4.22. The molecule has 136 valence electrons. The molecule has 4 atom stereocenters. The number of alkyl carbamates (subject to hydrolysis) is 1. The first-order chi connectivity index (χ1) is 11.0. The number of carbonyl (C=O) groups excluding carboxylic acids is 2. The highest BCUT2D eigenvalue weighted by Gasteiger charge is 2.57. The van der Waals surface area contributed by atoms with Crippen molar-refractivity contribution in [3.63, 3.8) is 0 Å². The van der Waals surface area contributed by atoms with Crippen LogP contribution in [0.5, 0.6) is 0 Å². The Bertz CT molecular complexity index is 518. The van der Waals surface area contributed by atoms with Crippen LogP contribution in [0, 0.1) is 23.2 Å². The zero-order valence-corrected chi connectivity index (χ0v) is 15.7. The summed E-state index contributed by atoms with van der Waals surface area (Å²) in [7, 11) is 1.37. The van der Waals surface area contributed by atoms with Crippen LogP contribution in [0.2, 0.25) is 0 Å². The molecule has 3 fully saturated rings. The molecule has 3 aliphatic rings. The SMILES string of the molecule is COC(=O)C=CC[C@H]1C[C@H]2C[C@@H]([C@@H]1NC(=O)OC(C)(C)C)C2(C)C. The van der Waals surface area contributed by atoms with Gasteiger partial charge < -0.3 is 14.8 Å². The van der Waals surface area contributed by atoms with Crippen molar-refractivity contribution in [2.75, 3.05) is 7.11 Å². The summed E-state index contributed by atoms with van der Waals surface area (Å²) in [5.74, 6) is 1.14. The van der Waals surface area contributed by atoms with Gasteiger partial charge in [-0.3, -0.25) is 0 Å². The number of amides is 1. The molecule has 0 heterocycles. The van der Waals surface area contributed by atoms with Crippen molar-refractivity contribution in [2.24, 2.45) is 23.2 Å². The number of hydrogen-bond donors (Lipinski definition) is 1. The minimum Gasteiger partial charge on any atom is -0.466 e. The van der Waals surface area contributed by atoms with Gasteiger partial charge in [0, 0.05) is 12.1 Å². The average molecular weight is 337 g/mol. The van der Waals surface area contributed by atoms with E-state index in [1.807, 2.05) is 26.8 Å². The first-order valence-electron chi connectivity index (χ1n) is 8.78. The van der Waals surface area contributed by atoms with Gasteiger partial charge >= 0.3 is 12.1 Å². The average Bonchev–Trinajstić information content (AvgIpc) is 2.45. The van der Waals surface area contributed by atoms with Crippen molar-refractivity contribution < 1.29 is 19.1 Å². The summed E-state index contributed by atoms with van der Waals surface area (Å²) in [6.45, 7) is 10.2. The van der Waals surface area contributed by atoms with Crippen LogP contribution in [0.15, 0.2) is 12.2 Å². The zero-order valence-electron chi connectivity index (χ0n) is 15.7. The molecule has 3 saturated carbocycles. The molecule has 5 heteroatoms. The lowest BCUT2D eigenvalue weighted by Crippen LogP contribution is -2.63. The molecule has 0 aromatic heterocycles. The van der Waals surface area contributed by atoms with Crippen LogP contribution in [0.1, 0.15) is 53.9 Å². The van der Waals surface area contributed by atoms with Crippen molar-refractivity contribution in [1.29, 1.82) is 0 Å². The zero-order chi connectivity index (χ0) is 18.1. The Morgan fingerprint density at radius 3 is 2.46 bits per heavy atom. The summed E-state index contributed by atoms with van der Waals surface area (Å²) in [6.07, 6.45) is 5.96. The molecular weight excluding hydrogens is 306 g/mol. The molecule has 2 bridgehead atoms. The molecule has 0 aromatic rings. The van der Waals surface area contributed by atoms with E-state index in [1.165, 1.54) is 13.2 Å². The molecule has 5 nitrogen and oxygen atoms in total. The fraction of sp³-hybridized carbons (Fsp3) is 0.789. The third-order valence-corrected chi connectivity index (χ3v) is 5.65. The lowest BCUT2D eigenvalue weighted by Gasteiger charge is -2.62. The van der Waals surface area contributed by atoms with Crippen LogP contribution in [0.4, 0.5) is 4.79 Å². The molecule has 1 N–H and O–H groups in total. The standard InChI is InChI=1S/C19H31NO4/c1-18(2,3)24-17(22)20-16-12(8-7-9-15(21)23-6)10-13-11-14(16)19(13,4)5/h7,9,12-14,16H,8,10-11H2,1-6H3,(H,20,22)/t12-,13-,14-,16+/m0/s1. The van der Waals surface area contributed by atoms with Gasteiger partial charge in [0.25, 0.3) is 0 Å². The summed E-state index contributed by atoms with van der Waals surface area (Å²) < 4.78 is 10.1. The van der Waals surface area contributed by atoms with Crippen LogP contribution in [-0.4, -0.2) is 30.8 Å². The second-order valence-electron chi connectivity index (χ2n) is 8.69. The molecule has 0 aromatic carbocycles. The van der Waals surface area contributed by atoms with Crippen molar-refractivity contribution >= 4 is 12.1 Å². The molecule has 24 heavy (non-hydrogen) atoms. The summed E-state index contributed by atoms with van der Waals surface area (Å²) in [6, 6.07) is 0.0853. The van der Waals surface area contributed by atoms with E-state index in [1.54, 1.807) is 0 Å². The van der Waals surface area contributed by atoms with E-state index in [4.69, 9.17) is 4.74 Å². The molecule has 3 rings (SSSR count). The van der Waals surface area contributed by atoms with Crippen LogP contribution >= 0.6 is 0 Å². The van der Waals surface area contributed by atoms with Crippen LogP contribution < -0.4 is 5.32 Å². The first kappa shape index (κ1) is 18.8. The maximum Gasteiger partial charge on any atom is 0.407 e. The molecule has 1 amide bonds. The first-order valence-corrected chi connectivity index (χ1v) is 8.78. The predicted octanol–water partition coefficient (Wildman–Crippen LogP) is 3.68. The van der Waals surface area contributed by atoms with Crippen molar-refractivity contribution in [3.05, 3.63) is 12.2 Å². The van der Waals surface area contributed by atoms with Crippen LogP contribution in [0.3, 0.4) is 0 Å². The smallest absolute Gasteiger partial charge is 0.407 e. The van der Waals surface area contributed by atoms with E-state index in [2.05, 4.69) is 23.9 Å². The second-order valence-corrected chi connectivity index (χ2v) is 8.69. The molecule has 3 aliphatic carbocycles. The number of rotatable bonds is 4. The van der Waals surface area contributed by atoms with Gasteiger partial charge in [0.1, 0.15) is 5.60 Å². The Balaban J connectivity index is 2.04. The Labute approximate surface area is 145 Å². The number of fused-ring (bicyclic) bond motifs is 2. The highest BCUT2D eigenvalue weighted by molar-refractivity contribution is 5.81. The topological polar surface area (TPSA) is 64.6 Å². The van der Waals surface area contributed by atoms with Gasteiger partial charge in [0.2, 0.25) is 0 Å². The van der Waals surface area contributed by atoms with E-state index >= 15 is 0 Å². The Morgan fingerprint density at radius 2 is 1.92 bits per heavy atom. The predicted molar refractivity (Wildman–Crippen MR) is 92.4 cm³/mol. The normalized spacial score (nSPS) is 31.2. The van der Waals surface area contributed by atoms with Gasteiger partial charge in [-0.05, 0) is 63.2 Å². The number of ether oxygens (including phenoxy) is 2. The van der Waals surface area contributed by atoms with E-state index in [0.29, 0.717) is 17.8 Å². The lowest BCUT2D eigenvalue weighted by molar-refractivity contribution is -0.134. The van der Waals surface area contributed by atoms with Gasteiger partial charge in [-0.1, -0.05) is 19.9 Å². The van der Waals surface area contributed by atoms with E-state index in [-0.39, 0.29) is 23.5 Å². The monoisotopic (exact) mass is 337 g/mol. The quantitative estimate of drug-likeness (QED) is 0.628. The Hall–Kier alpha value is -1.52. The second kappa shape index (κ2) is 6.77. The number of hydrogen-bond acceptors (Lipinski definition) is 4.